The van der Waals surface area contributed by atoms with Gasteiger partial charge in [-0.3, -0.25) is 0 Å². The number of para-hydroxylation sites is 2. The van der Waals surface area contributed by atoms with Crippen LogP contribution in [0.3, 0.4) is 0 Å². The van der Waals surface area contributed by atoms with Crippen LogP contribution in [0, 0.1) is 6.08 Å². The van der Waals surface area contributed by atoms with Crippen molar-refractivity contribution in [3.63, 3.8) is 0 Å². The summed E-state index contributed by atoms with van der Waals surface area (Å²) >= 11 is 0. The van der Waals surface area contributed by atoms with Crippen LogP contribution in [0.1, 0.15) is 19.8 Å². The average molecular weight is 334 g/mol. The summed E-state index contributed by atoms with van der Waals surface area (Å²) < 4.78 is 11.3. The molecule has 5 heteroatoms. The van der Waals surface area contributed by atoms with Gasteiger partial charge < -0.3 is 34.3 Å². The number of allylic oxidation sites excluding steroid dienone is 3. The summed E-state index contributed by atoms with van der Waals surface area (Å²) in [7, 11) is 0. The summed E-state index contributed by atoms with van der Waals surface area (Å²) in [5.41, 5.74) is 0. The Morgan fingerprint density at radius 1 is 1.16 bits per heavy atom. The maximum Gasteiger partial charge on any atom is 3.00 e. The van der Waals surface area contributed by atoms with Gasteiger partial charge in [-0.1, -0.05) is 19.1 Å². The fourth-order valence-electron chi connectivity index (χ4n) is 1.44. The molecular formula is C14H15Cl2O2Ti. The van der Waals surface area contributed by atoms with Crippen LogP contribution in [-0.4, -0.2) is 6.61 Å². The van der Waals surface area contributed by atoms with Gasteiger partial charge in [-0.05, 0) is 24.3 Å². The molecule has 0 heterocycles. The first kappa shape index (κ1) is 20.9. The van der Waals surface area contributed by atoms with E-state index < -0.39 is 0 Å². The number of rotatable bonds is 5. The molecule has 1 aliphatic rings. The predicted octanol–water partition coefficient (Wildman–Crippen LogP) is -2.49. The van der Waals surface area contributed by atoms with Gasteiger partial charge in [0.2, 0.25) is 0 Å². The Bertz CT molecular complexity index is 420. The summed E-state index contributed by atoms with van der Waals surface area (Å²) in [4.78, 5) is 0. The summed E-state index contributed by atoms with van der Waals surface area (Å²) in [5, 5.41) is 0. The number of hydrogen-bond donors (Lipinski definition) is 0. The second kappa shape index (κ2) is 11.4. The first-order chi connectivity index (χ1) is 7.90. The van der Waals surface area contributed by atoms with Crippen LogP contribution in [-0.2, 0) is 21.7 Å². The molecule has 0 aromatic heterocycles. The summed E-state index contributed by atoms with van der Waals surface area (Å²) in [6.45, 7) is 2.79. The van der Waals surface area contributed by atoms with Crippen molar-refractivity contribution in [2.24, 2.45) is 0 Å². The van der Waals surface area contributed by atoms with Gasteiger partial charge in [0.1, 0.15) is 0 Å². The molecule has 0 aliphatic heterocycles. The van der Waals surface area contributed by atoms with E-state index in [0.29, 0.717) is 6.61 Å². The SMILES string of the molecule is CCCOc1ccccc1OC1=[C-]CC=C1.[Cl-].[Cl-].[Ti+3]. The van der Waals surface area contributed by atoms with Crippen LogP contribution in [0.4, 0.5) is 0 Å². The van der Waals surface area contributed by atoms with E-state index in [1.54, 1.807) is 0 Å². The first-order valence-corrected chi connectivity index (χ1v) is 5.57. The van der Waals surface area contributed by atoms with Crippen LogP contribution in [0.5, 0.6) is 11.5 Å². The van der Waals surface area contributed by atoms with E-state index in [9.17, 15) is 0 Å². The van der Waals surface area contributed by atoms with Crippen LogP contribution in [0.25, 0.3) is 0 Å². The van der Waals surface area contributed by atoms with Crippen molar-refractivity contribution in [1.82, 2.24) is 0 Å². The maximum absolute atomic E-state index is 5.70. The molecule has 0 saturated carbocycles. The molecule has 0 fully saturated rings. The molecular weight excluding hydrogens is 319 g/mol. The zero-order valence-electron chi connectivity index (χ0n) is 10.7. The standard InChI is InChI=1S/C14H15O2.2ClH.Ti/c1-2-11-15-13-9-5-6-10-14(13)16-12-7-3-4-8-12;;;/h3,5-7,9-10H,2,4,11H2,1H3;2*1H;/q-1;;;+3/p-2. The number of hydrogen-bond acceptors (Lipinski definition) is 2. The van der Waals surface area contributed by atoms with Gasteiger partial charge in [0.15, 0.2) is 11.5 Å². The van der Waals surface area contributed by atoms with E-state index in [2.05, 4.69) is 13.0 Å². The molecule has 0 spiro atoms. The van der Waals surface area contributed by atoms with Gasteiger partial charge in [0.05, 0.1) is 6.61 Å². The van der Waals surface area contributed by atoms with Crippen molar-refractivity contribution in [1.29, 1.82) is 0 Å². The molecule has 1 aromatic carbocycles. The second-order valence-corrected chi connectivity index (χ2v) is 3.54. The Morgan fingerprint density at radius 3 is 2.42 bits per heavy atom. The molecule has 19 heavy (non-hydrogen) atoms. The van der Waals surface area contributed by atoms with Gasteiger partial charge in [0.25, 0.3) is 0 Å². The Hall–Kier alpha value is -0.406. The minimum Gasteiger partial charge on any atom is -1.00 e. The largest absolute Gasteiger partial charge is 3.00 e. The maximum atomic E-state index is 5.70. The van der Waals surface area contributed by atoms with E-state index in [1.807, 2.05) is 36.4 Å². The molecule has 0 N–H and O–H groups in total. The second-order valence-electron chi connectivity index (χ2n) is 3.54. The van der Waals surface area contributed by atoms with E-state index in [0.717, 1.165) is 30.1 Å². The van der Waals surface area contributed by atoms with Crippen LogP contribution >= 0.6 is 0 Å². The quantitative estimate of drug-likeness (QED) is 0.438. The van der Waals surface area contributed by atoms with Crippen molar-refractivity contribution in [3.05, 3.63) is 48.3 Å². The third-order valence-corrected chi connectivity index (χ3v) is 2.19. The molecule has 2 rings (SSSR count). The Balaban J connectivity index is 0. The van der Waals surface area contributed by atoms with Crippen molar-refractivity contribution in [3.8, 4) is 11.5 Å². The Kier molecular flexibility index (Phi) is 12.6. The molecule has 0 amide bonds. The molecule has 101 valence electrons. The zero-order valence-corrected chi connectivity index (χ0v) is 13.7. The van der Waals surface area contributed by atoms with Crippen LogP contribution < -0.4 is 34.3 Å². The normalized spacial score (nSPS) is 11.5. The van der Waals surface area contributed by atoms with E-state index in [1.165, 1.54) is 0 Å². The third kappa shape index (κ3) is 6.53. The van der Waals surface area contributed by atoms with Crippen LogP contribution in [0.15, 0.2) is 42.2 Å². The molecule has 1 aliphatic carbocycles. The monoisotopic (exact) mass is 333 g/mol. The molecule has 0 saturated heterocycles. The van der Waals surface area contributed by atoms with E-state index >= 15 is 0 Å². The Labute approximate surface area is 142 Å². The summed E-state index contributed by atoms with van der Waals surface area (Å²) in [6, 6.07) is 7.71. The van der Waals surface area contributed by atoms with E-state index in [4.69, 9.17) is 9.47 Å². The average Bonchev–Trinajstić information content (AvgIpc) is 2.81. The fraction of sp³-hybridized carbons (Fsp3) is 0.286. The van der Waals surface area contributed by atoms with Crippen molar-refractivity contribution < 1.29 is 56.0 Å². The Morgan fingerprint density at radius 2 is 1.84 bits per heavy atom. The third-order valence-electron chi connectivity index (χ3n) is 2.19. The van der Waals surface area contributed by atoms with Gasteiger partial charge in [-0.25, -0.2) is 6.08 Å². The fourth-order valence-corrected chi connectivity index (χ4v) is 1.44. The van der Waals surface area contributed by atoms with Crippen molar-refractivity contribution >= 4 is 0 Å². The predicted molar refractivity (Wildman–Crippen MR) is 63.4 cm³/mol. The molecule has 0 atom stereocenters. The van der Waals surface area contributed by atoms with E-state index in [-0.39, 0.29) is 46.5 Å². The van der Waals surface area contributed by atoms with Crippen molar-refractivity contribution in [2.75, 3.05) is 6.61 Å². The van der Waals surface area contributed by atoms with Gasteiger partial charge >= 0.3 is 21.7 Å². The molecule has 1 aromatic rings. The number of halogens is 2. The first-order valence-electron chi connectivity index (χ1n) is 5.57. The van der Waals surface area contributed by atoms with Crippen molar-refractivity contribution in [2.45, 2.75) is 19.8 Å². The van der Waals surface area contributed by atoms with Gasteiger partial charge in [-0.2, -0.15) is 12.2 Å². The minimum atomic E-state index is 0. The summed E-state index contributed by atoms with van der Waals surface area (Å²) in [5.74, 6) is 2.32. The topological polar surface area (TPSA) is 18.5 Å². The summed E-state index contributed by atoms with van der Waals surface area (Å²) in [6.07, 6.45) is 8.88. The zero-order chi connectivity index (χ0) is 11.2. The molecule has 1 radical (unpaired) electrons. The van der Waals surface area contributed by atoms with Crippen LogP contribution in [0.2, 0.25) is 0 Å². The minimum absolute atomic E-state index is 0. The van der Waals surface area contributed by atoms with Gasteiger partial charge in [-0.15, -0.1) is 6.42 Å². The smallest absolute Gasteiger partial charge is 1.00 e. The number of ether oxygens (including phenoxy) is 2. The van der Waals surface area contributed by atoms with Gasteiger partial charge in [0, 0.05) is 0 Å². The molecule has 0 unspecified atom stereocenters. The molecule has 0 bridgehead atoms. The number of benzene rings is 1. The molecule has 2 nitrogen and oxygen atoms in total.